The molecule has 4 rings (SSSR count). The summed E-state index contributed by atoms with van der Waals surface area (Å²) in [6.45, 7) is 1.35. The summed E-state index contributed by atoms with van der Waals surface area (Å²) in [4.78, 5) is 17.0. The van der Waals surface area contributed by atoms with Gasteiger partial charge in [-0.15, -0.1) is 0 Å². The maximum atomic E-state index is 13.5. The van der Waals surface area contributed by atoms with Crippen molar-refractivity contribution >= 4 is 28.4 Å². The first-order valence-electron chi connectivity index (χ1n) is 8.60. The van der Waals surface area contributed by atoms with Crippen LogP contribution in [-0.2, 0) is 22.3 Å². The highest BCUT2D eigenvalue weighted by atomic mass is 32.2. The zero-order valence-electron chi connectivity index (χ0n) is 14.1. The SMILES string of the molecule is O=C1[C@@H](N2CCCc3cc(F)ccc32)CCN1c1ccc(S(=O)[O-])cc1. The summed E-state index contributed by atoms with van der Waals surface area (Å²) in [5.74, 6) is -0.251. The molecule has 2 aromatic rings. The van der Waals surface area contributed by atoms with Crippen molar-refractivity contribution in [3.05, 3.63) is 53.8 Å². The molecule has 2 aromatic carbocycles. The van der Waals surface area contributed by atoms with Crippen LogP contribution in [0.4, 0.5) is 15.8 Å². The molecule has 1 amide bonds. The lowest BCUT2D eigenvalue weighted by molar-refractivity contribution is -0.118. The van der Waals surface area contributed by atoms with Crippen LogP contribution in [-0.4, -0.2) is 33.8 Å². The highest BCUT2D eigenvalue weighted by molar-refractivity contribution is 7.79. The summed E-state index contributed by atoms with van der Waals surface area (Å²) >= 11 is -2.28. The molecule has 5 nitrogen and oxygen atoms in total. The minimum Gasteiger partial charge on any atom is -0.768 e. The monoisotopic (exact) mass is 373 g/mol. The lowest BCUT2D eigenvalue weighted by Gasteiger charge is -2.35. The van der Waals surface area contributed by atoms with Gasteiger partial charge in [-0.3, -0.25) is 9.00 Å². The van der Waals surface area contributed by atoms with Crippen LogP contribution in [0.25, 0.3) is 0 Å². The van der Waals surface area contributed by atoms with Crippen molar-refractivity contribution in [3.8, 4) is 0 Å². The van der Waals surface area contributed by atoms with Crippen LogP contribution in [0.2, 0.25) is 0 Å². The number of carbonyl (C=O) groups is 1. The van der Waals surface area contributed by atoms with E-state index in [-0.39, 0.29) is 22.7 Å². The minimum absolute atomic E-state index is 0.00169. The molecule has 1 saturated heterocycles. The van der Waals surface area contributed by atoms with Gasteiger partial charge < -0.3 is 14.4 Å². The maximum absolute atomic E-state index is 13.5. The smallest absolute Gasteiger partial charge is 0.249 e. The van der Waals surface area contributed by atoms with Gasteiger partial charge in [0.05, 0.1) is 0 Å². The van der Waals surface area contributed by atoms with Crippen LogP contribution in [0.5, 0.6) is 0 Å². The Morgan fingerprint density at radius 2 is 1.88 bits per heavy atom. The summed E-state index contributed by atoms with van der Waals surface area (Å²) in [7, 11) is 0. The molecule has 0 aliphatic carbocycles. The van der Waals surface area contributed by atoms with Gasteiger partial charge in [0.2, 0.25) is 5.91 Å². The summed E-state index contributed by atoms with van der Waals surface area (Å²) in [5, 5.41) is 0. The Bertz CT molecular complexity index is 872. The molecule has 0 saturated carbocycles. The number of benzene rings is 2. The number of hydrogen-bond acceptors (Lipinski definition) is 4. The molecule has 0 aromatic heterocycles. The Kier molecular flexibility index (Phi) is 4.50. The Morgan fingerprint density at radius 3 is 2.62 bits per heavy atom. The number of anilines is 2. The Morgan fingerprint density at radius 1 is 1.12 bits per heavy atom. The van der Waals surface area contributed by atoms with E-state index < -0.39 is 11.1 Å². The number of hydrogen-bond donors (Lipinski definition) is 0. The lowest BCUT2D eigenvalue weighted by atomic mass is 9.99. The summed E-state index contributed by atoms with van der Waals surface area (Å²) < 4.78 is 35.5. The molecule has 2 heterocycles. The average Bonchev–Trinajstić information content (AvgIpc) is 3.02. The molecular formula is C19H18FN2O3S-. The van der Waals surface area contributed by atoms with E-state index >= 15 is 0 Å². The van der Waals surface area contributed by atoms with E-state index in [0.29, 0.717) is 18.7 Å². The fraction of sp³-hybridized carbons (Fsp3) is 0.316. The van der Waals surface area contributed by atoms with Crippen LogP contribution in [0.15, 0.2) is 47.4 Å². The molecule has 2 aliphatic heterocycles. The standard InChI is InChI=1S/C19H19FN2O3S/c20-14-3-8-17-13(12-14)2-1-10-22(17)18-9-11-21(19(18)23)15-4-6-16(7-5-15)26(24)25/h3-8,12,18H,1-2,9-11H2,(H,24,25)/p-1/t18-/m0/s1. The molecule has 0 radical (unpaired) electrons. The van der Waals surface area contributed by atoms with E-state index in [1.165, 1.54) is 18.2 Å². The Balaban J connectivity index is 1.58. The van der Waals surface area contributed by atoms with Gasteiger partial charge in [-0.25, -0.2) is 4.39 Å². The van der Waals surface area contributed by atoms with Gasteiger partial charge >= 0.3 is 0 Å². The third kappa shape index (κ3) is 3.01. The van der Waals surface area contributed by atoms with Gasteiger partial charge in [0.25, 0.3) is 0 Å². The molecule has 0 bridgehead atoms. The van der Waals surface area contributed by atoms with Gasteiger partial charge in [-0.2, -0.15) is 0 Å². The number of nitrogens with zero attached hydrogens (tertiary/aromatic N) is 2. The van der Waals surface area contributed by atoms with E-state index in [2.05, 4.69) is 4.90 Å². The molecule has 0 N–H and O–H groups in total. The summed E-state index contributed by atoms with van der Waals surface area (Å²) in [6, 6.07) is 10.8. The molecule has 26 heavy (non-hydrogen) atoms. The van der Waals surface area contributed by atoms with Crippen LogP contribution in [0.1, 0.15) is 18.4 Å². The fourth-order valence-electron chi connectivity index (χ4n) is 3.87. The molecule has 2 atom stereocenters. The van der Waals surface area contributed by atoms with Crippen molar-refractivity contribution < 1.29 is 17.9 Å². The summed E-state index contributed by atoms with van der Waals surface area (Å²) in [5.41, 5.74) is 2.59. The number of carbonyl (C=O) groups excluding carboxylic acids is 1. The first-order valence-corrected chi connectivity index (χ1v) is 9.68. The van der Waals surface area contributed by atoms with E-state index in [9.17, 15) is 17.9 Å². The predicted molar refractivity (Wildman–Crippen MR) is 96.5 cm³/mol. The molecule has 0 spiro atoms. The zero-order chi connectivity index (χ0) is 18.3. The third-order valence-electron chi connectivity index (χ3n) is 5.09. The largest absolute Gasteiger partial charge is 0.768 e. The van der Waals surface area contributed by atoms with Crippen molar-refractivity contribution in [1.29, 1.82) is 0 Å². The lowest BCUT2D eigenvalue weighted by Crippen LogP contribution is -2.44. The number of halogens is 1. The van der Waals surface area contributed by atoms with Crippen molar-refractivity contribution in [3.63, 3.8) is 0 Å². The van der Waals surface area contributed by atoms with Crippen LogP contribution in [0, 0.1) is 5.82 Å². The number of rotatable bonds is 3. The van der Waals surface area contributed by atoms with Crippen molar-refractivity contribution in [2.24, 2.45) is 0 Å². The average molecular weight is 373 g/mol. The molecule has 1 fully saturated rings. The number of aryl methyl sites for hydroxylation is 1. The van der Waals surface area contributed by atoms with E-state index in [0.717, 1.165) is 30.6 Å². The fourth-order valence-corrected chi connectivity index (χ4v) is 4.22. The van der Waals surface area contributed by atoms with Gasteiger partial charge in [-0.05, 0) is 78.4 Å². The van der Waals surface area contributed by atoms with E-state index in [1.807, 2.05) is 0 Å². The molecule has 7 heteroatoms. The maximum Gasteiger partial charge on any atom is 0.249 e. The Labute approximate surface area is 153 Å². The second kappa shape index (κ2) is 6.81. The van der Waals surface area contributed by atoms with Crippen molar-refractivity contribution in [2.45, 2.75) is 30.2 Å². The minimum atomic E-state index is -2.28. The number of fused-ring (bicyclic) bond motifs is 1. The summed E-state index contributed by atoms with van der Waals surface area (Å²) in [6.07, 6.45) is 2.40. The van der Waals surface area contributed by atoms with E-state index in [4.69, 9.17) is 0 Å². The molecular weight excluding hydrogens is 355 g/mol. The quantitative estimate of drug-likeness (QED) is 0.776. The normalized spacial score (nSPS) is 21.0. The van der Waals surface area contributed by atoms with Gasteiger partial charge in [0.1, 0.15) is 11.9 Å². The highest BCUT2D eigenvalue weighted by Gasteiger charge is 2.38. The first-order chi connectivity index (χ1) is 12.5. The zero-order valence-corrected chi connectivity index (χ0v) is 14.9. The Hall–Kier alpha value is -2.25. The van der Waals surface area contributed by atoms with Crippen LogP contribution in [0.3, 0.4) is 0 Å². The highest BCUT2D eigenvalue weighted by Crippen LogP contribution is 2.33. The van der Waals surface area contributed by atoms with E-state index in [1.54, 1.807) is 29.2 Å². The van der Waals surface area contributed by atoms with Gasteiger partial charge in [0, 0.05) is 29.4 Å². The molecule has 2 aliphatic rings. The predicted octanol–water partition coefficient (Wildman–Crippen LogP) is 2.62. The van der Waals surface area contributed by atoms with Crippen molar-refractivity contribution in [1.82, 2.24) is 0 Å². The topological polar surface area (TPSA) is 63.7 Å². The van der Waals surface area contributed by atoms with Crippen LogP contribution >= 0.6 is 0 Å². The van der Waals surface area contributed by atoms with Crippen LogP contribution < -0.4 is 9.80 Å². The van der Waals surface area contributed by atoms with Crippen molar-refractivity contribution in [2.75, 3.05) is 22.9 Å². The van der Waals surface area contributed by atoms with Gasteiger partial charge in [-0.1, -0.05) is 0 Å². The molecule has 136 valence electrons. The second-order valence-corrected chi connectivity index (χ2v) is 7.53. The third-order valence-corrected chi connectivity index (χ3v) is 5.75. The first kappa shape index (κ1) is 17.2. The van der Waals surface area contributed by atoms with Gasteiger partial charge in [0.15, 0.2) is 0 Å². The number of amides is 1. The second-order valence-electron chi connectivity index (χ2n) is 6.59. The molecule has 1 unspecified atom stereocenters.